The molecule has 8 heteroatoms. The van der Waals surface area contributed by atoms with Gasteiger partial charge in [0, 0.05) is 57.5 Å². The Morgan fingerprint density at radius 3 is 2.75 bits per heavy atom. The summed E-state index contributed by atoms with van der Waals surface area (Å²) in [5.41, 5.74) is 1.75. The first-order valence-corrected chi connectivity index (χ1v) is 12.3. The fraction of sp³-hybridized carbons (Fsp3) is 0.667. The summed E-state index contributed by atoms with van der Waals surface area (Å²) in [7, 11) is 0. The van der Waals surface area contributed by atoms with Gasteiger partial charge in [-0.15, -0.1) is 0 Å². The lowest BCUT2D eigenvalue weighted by molar-refractivity contribution is -0.135. The van der Waals surface area contributed by atoms with Gasteiger partial charge in [-0.05, 0) is 38.2 Å². The number of aromatic amines is 1. The molecule has 8 nitrogen and oxygen atoms in total. The van der Waals surface area contributed by atoms with E-state index in [4.69, 9.17) is 4.98 Å². The third kappa shape index (κ3) is 4.51. The predicted octanol–water partition coefficient (Wildman–Crippen LogP) is 2.80. The Morgan fingerprint density at radius 1 is 1.09 bits per heavy atom. The van der Waals surface area contributed by atoms with Crippen LogP contribution in [0.15, 0.2) is 23.3 Å². The number of nitrogens with one attached hydrogen (secondary N) is 1. The molecular weight excluding hydrogens is 404 g/mol. The summed E-state index contributed by atoms with van der Waals surface area (Å²) in [6.45, 7) is 2.98. The molecule has 32 heavy (non-hydrogen) atoms. The summed E-state index contributed by atoms with van der Waals surface area (Å²) >= 11 is 0. The van der Waals surface area contributed by atoms with Crippen LogP contribution in [0, 0.1) is 0 Å². The highest BCUT2D eigenvalue weighted by Gasteiger charge is 2.32. The van der Waals surface area contributed by atoms with Crippen LogP contribution in [0.3, 0.4) is 0 Å². The summed E-state index contributed by atoms with van der Waals surface area (Å²) in [6.07, 6.45) is 14.2. The number of carbonyl (C=O) groups excluding carboxylic acids is 1. The van der Waals surface area contributed by atoms with Crippen molar-refractivity contribution in [3.05, 3.63) is 45.9 Å². The minimum absolute atomic E-state index is 0.0139. The zero-order chi connectivity index (χ0) is 21.9. The summed E-state index contributed by atoms with van der Waals surface area (Å²) in [5, 5.41) is 4.19. The molecule has 0 bridgehead atoms. The molecule has 1 aliphatic carbocycles. The Bertz CT molecular complexity index is 979. The average molecular weight is 439 g/mol. The molecule has 3 aliphatic rings. The minimum Gasteiger partial charge on any atom is -0.332 e. The largest absolute Gasteiger partial charge is 0.332 e. The molecule has 172 valence electrons. The highest BCUT2D eigenvalue weighted by molar-refractivity contribution is 5.76. The number of hydrogen-bond donors (Lipinski definition) is 1. The standard InChI is InChI=1S/C24H34N6O2/c31-22(11-16-29-13-6-12-25-29)30-14-5-4-9-21(30)23-26-20-10-15-28(17-19(20)24(32)27-23)18-7-2-1-3-8-18/h6,12-13,18,21H,1-5,7-11,14-17H2,(H,26,27,32)/t21-/m0/s1. The smallest absolute Gasteiger partial charge is 0.255 e. The number of rotatable bonds is 5. The number of aryl methyl sites for hydroxylation is 1. The van der Waals surface area contributed by atoms with E-state index >= 15 is 0 Å². The third-order valence-corrected chi connectivity index (χ3v) is 7.46. The molecule has 0 aromatic carbocycles. The van der Waals surface area contributed by atoms with E-state index in [0.717, 1.165) is 50.0 Å². The van der Waals surface area contributed by atoms with Crippen molar-refractivity contribution in [3.8, 4) is 0 Å². The topological polar surface area (TPSA) is 87.1 Å². The molecule has 1 atom stereocenters. The van der Waals surface area contributed by atoms with Gasteiger partial charge >= 0.3 is 0 Å². The molecule has 2 aliphatic heterocycles. The van der Waals surface area contributed by atoms with Crippen LogP contribution >= 0.6 is 0 Å². The maximum atomic E-state index is 13.1. The van der Waals surface area contributed by atoms with Crippen molar-refractivity contribution in [2.24, 2.45) is 0 Å². The van der Waals surface area contributed by atoms with E-state index < -0.39 is 0 Å². The van der Waals surface area contributed by atoms with Gasteiger partial charge in [-0.25, -0.2) is 4.98 Å². The molecule has 1 saturated carbocycles. The van der Waals surface area contributed by atoms with E-state index in [1.807, 2.05) is 17.2 Å². The molecule has 1 amide bonds. The number of H-pyrrole nitrogens is 1. The molecule has 2 aromatic heterocycles. The van der Waals surface area contributed by atoms with E-state index in [1.54, 1.807) is 10.9 Å². The van der Waals surface area contributed by atoms with Crippen LogP contribution in [0.25, 0.3) is 0 Å². The maximum Gasteiger partial charge on any atom is 0.255 e. The lowest BCUT2D eigenvalue weighted by atomic mass is 9.92. The van der Waals surface area contributed by atoms with Crippen molar-refractivity contribution < 1.29 is 4.79 Å². The van der Waals surface area contributed by atoms with E-state index in [0.29, 0.717) is 31.4 Å². The van der Waals surface area contributed by atoms with Gasteiger partial charge in [0.1, 0.15) is 5.82 Å². The lowest BCUT2D eigenvalue weighted by Crippen LogP contribution is -2.44. The van der Waals surface area contributed by atoms with Gasteiger partial charge in [0.05, 0.1) is 17.3 Å². The number of aromatic nitrogens is 4. The molecule has 0 unspecified atom stereocenters. The minimum atomic E-state index is -0.136. The molecule has 0 spiro atoms. The summed E-state index contributed by atoms with van der Waals surface area (Å²) in [5.74, 6) is 0.779. The Morgan fingerprint density at radius 2 is 1.94 bits per heavy atom. The Kier molecular flexibility index (Phi) is 6.39. The van der Waals surface area contributed by atoms with E-state index in [9.17, 15) is 9.59 Å². The van der Waals surface area contributed by atoms with Gasteiger partial charge in [0.2, 0.25) is 5.91 Å². The number of piperidine rings is 1. The summed E-state index contributed by atoms with van der Waals surface area (Å²) in [4.78, 5) is 38.5. The zero-order valence-corrected chi connectivity index (χ0v) is 18.8. The van der Waals surface area contributed by atoms with Crippen molar-refractivity contribution in [1.82, 2.24) is 29.5 Å². The van der Waals surface area contributed by atoms with Crippen molar-refractivity contribution in [1.29, 1.82) is 0 Å². The number of nitrogens with zero attached hydrogens (tertiary/aromatic N) is 5. The van der Waals surface area contributed by atoms with Crippen LogP contribution < -0.4 is 5.56 Å². The van der Waals surface area contributed by atoms with E-state index in [1.165, 1.54) is 32.1 Å². The highest BCUT2D eigenvalue weighted by Crippen LogP contribution is 2.31. The van der Waals surface area contributed by atoms with Crippen LogP contribution in [-0.4, -0.2) is 54.6 Å². The van der Waals surface area contributed by atoms with Crippen molar-refractivity contribution in [3.63, 3.8) is 0 Å². The monoisotopic (exact) mass is 438 g/mol. The second-order valence-electron chi connectivity index (χ2n) is 9.51. The Labute approximate surface area is 189 Å². The van der Waals surface area contributed by atoms with Gasteiger partial charge < -0.3 is 9.88 Å². The molecule has 1 N–H and O–H groups in total. The first-order valence-electron chi connectivity index (χ1n) is 12.3. The Hall–Kier alpha value is -2.48. The van der Waals surface area contributed by atoms with Crippen molar-refractivity contribution in [2.75, 3.05) is 13.1 Å². The molecular formula is C24H34N6O2. The van der Waals surface area contributed by atoms with Crippen molar-refractivity contribution in [2.45, 2.75) is 89.4 Å². The zero-order valence-electron chi connectivity index (χ0n) is 18.8. The van der Waals surface area contributed by atoms with Crippen LogP contribution in [0.5, 0.6) is 0 Å². The maximum absolute atomic E-state index is 13.1. The van der Waals surface area contributed by atoms with Gasteiger partial charge in [-0.1, -0.05) is 19.3 Å². The van der Waals surface area contributed by atoms with Gasteiger partial charge in [0.25, 0.3) is 5.56 Å². The van der Waals surface area contributed by atoms with E-state index in [-0.39, 0.29) is 17.5 Å². The molecule has 2 fully saturated rings. The third-order valence-electron chi connectivity index (χ3n) is 7.46. The number of hydrogen-bond acceptors (Lipinski definition) is 5. The van der Waals surface area contributed by atoms with Crippen LogP contribution in [0.4, 0.5) is 0 Å². The lowest BCUT2D eigenvalue weighted by Gasteiger charge is -2.38. The molecule has 0 radical (unpaired) electrons. The first-order chi connectivity index (χ1) is 15.7. The normalized spacial score (nSPS) is 22.6. The average Bonchev–Trinajstić information content (AvgIpc) is 3.37. The summed E-state index contributed by atoms with van der Waals surface area (Å²) < 4.78 is 1.79. The summed E-state index contributed by atoms with van der Waals surface area (Å²) in [6, 6.07) is 2.34. The number of fused-ring (bicyclic) bond motifs is 1. The van der Waals surface area contributed by atoms with Crippen LogP contribution in [0.1, 0.15) is 80.9 Å². The fourth-order valence-electron chi connectivity index (χ4n) is 5.68. The van der Waals surface area contributed by atoms with Gasteiger partial charge in [-0.2, -0.15) is 5.10 Å². The van der Waals surface area contributed by atoms with Crippen molar-refractivity contribution >= 4 is 5.91 Å². The van der Waals surface area contributed by atoms with Gasteiger partial charge in [-0.3, -0.25) is 19.2 Å². The molecule has 2 aromatic rings. The first kappa shape index (κ1) is 21.4. The van der Waals surface area contributed by atoms with Gasteiger partial charge in [0.15, 0.2) is 0 Å². The molecule has 5 rings (SSSR count). The number of amides is 1. The van der Waals surface area contributed by atoms with Crippen LogP contribution in [0.2, 0.25) is 0 Å². The Balaban J connectivity index is 1.31. The number of likely N-dealkylation sites (tertiary alicyclic amines) is 1. The fourth-order valence-corrected chi connectivity index (χ4v) is 5.68. The second kappa shape index (κ2) is 9.57. The molecule has 1 saturated heterocycles. The number of carbonyl (C=O) groups is 1. The molecule has 4 heterocycles. The second-order valence-corrected chi connectivity index (χ2v) is 9.51. The highest BCUT2D eigenvalue weighted by atomic mass is 16.2. The quantitative estimate of drug-likeness (QED) is 0.776. The predicted molar refractivity (Wildman–Crippen MR) is 121 cm³/mol. The van der Waals surface area contributed by atoms with Crippen LogP contribution in [-0.2, 0) is 24.3 Å². The van der Waals surface area contributed by atoms with E-state index in [2.05, 4.69) is 15.0 Å². The SMILES string of the molecule is O=C(CCn1cccn1)N1CCCC[C@H]1c1nc2c(c(=O)[nH]1)CN(C1CCCCC1)CC2.